The van der Waals surface area contributed by atoms with Crippen molar-refractivity contribution in [3.05, 3.63) is 35.5 Å². The van der Waals surface area contributed by atoms with Gasteiger partial charge in [-0.05, 0) is 38.0 Å². The molecule has 2 aliphatic rings. The first-order valence-corrected chi connectivity index (χ1v) is 9.74. The molecular formula is C20H28N6O. The second-order valence-corrected chi connectivity index (χ2v) is 8.58. The molecule has 7 heteroatoms. The lowest BCUT2D eigenvalue weighted by Gasteiger charge is -2.37. The van der Waals surface area contributed by atoms with E-state index in [-0.39, 0.29) is 17.6 Å². The molecule has 27 heavy (non-hydrogen) atoms. The van der Waals surface area contributed by atoms with Gasteiger partial charge in [-0.3, -0.25) is 0 Å². The number of aliphatic hydroxyl groups is 1. The predicted molar refractivity (Wildman–Crippen MR) is 105 cm³/mol. The number of anilines is 2. The molecule has 0 saturated carbocycles. The molecule has 2 aromatic rings. The number of aromatic nitrogens is 4. The smallest absolute Gasteiger partial charge is 0.225 e. The van der Waals surface area contributed by atoms with Gasteiger partial charge in [-0.15, -0.1) is 0 Å². The fourth-order valence-corrected chi connectivity index (χ4v) is 4.10. The zero-order valence-corrected chi connectivity index (χ0v) is 16.3. The summed E-state index contributed by atoms with van der Waals surface area (Å²) in [6, 6.07) is 2.10. The lowest BCUT2D eigenvalue weighted by molar-refractivity contribution is 0.145. The number of fused-ring (bicyclic) bond motifs is 1. The van der Waals surface area contributed by atoms with Crippen molar-refractivity contribution in [2.45, 2.75) is 58.6 Å². The molecule has 2 aromatic heterocycles. The molecule has 3 heterocycles. The van der Waals surface area contributed by atoms with Crippen LogP contribution in [0.3, 0.4) is 0 Å². The summed E-state index contributed by atoms with van der Waals surface area (Å²) in [4.78, 5) is 20.3. The number of rotatable bonds is 3. The number of aliphatic hydroxyl groups excluding tert-OH is 1. The molecule has 2 N–H and O–H groups in total. The normalized spacial score (nSPS) is 22.4. The van der Waals surface area contributed by atoms with Gasteiger partial charge in [-0.2, -0.15) is 0 Å². The van der Waals surface area contributed by atoms with Gasteiger partial charge in [0.2, 0.25) is 5.95 Å². The van der Waals surface area contributed by atoms with Crippen LogP contribution in [0.1, 0.15) is 56.1 Å². The molecule has 7 nitrogen and oxygen atoms in total. The van der Waals surface area contributed by atoms with E-state index >= 15 is 0 Å². The monoisotopic (exact) mass is 368 g/mol. The van der Waals surface area contributed by atoms with E-state index in [1.54, 1.807) is 6.33 Å². The molecule has 1 atom stereocenters. The summed E-state index contributed by atoms with van der Waals surface area (Å²) >= 11 is 0. The van der Waals surface area contributed by atoms with Crippen molar-refractivity contribution in [2.75, 3.05) is 23.3 Å². The van der Waals surface area contributed by atoms with Gasteiger partial charge < -0.3 is 15.3 Å². The molecule has 1 fully saturated rings. The van der Waals surface area contributed by atoms with Crippen LogP contribution in [0.4, 0.5) is 11.8 Å². The third kappa shape index (κ3) is 4.03. The Bertz CT molecular complexity index is 816. The number of nitrogens with one attached hydrogen (secondary N) is 1. The van der Waals surface area contributed by atoms with Crippen LogP contribution >= 0.6 is 0 Å². The molecule has 1 aliphatic heterocycles. The Labute approximate surface area is 160 Å². The molecule has 1 saturated heterocycles. The van der Waals surface area contributed by atoms with E-state index in [0.717, 1.165) is 67.5 Å². The number of nitrogens with zero attached hydrogens (tertiary/aromatic N) is 5. The first-order valence-electron chi connectivity index (χ1n) is 9.74. The SMILES string of the molecule is Cc1cc(N[C@H]2CC(C)(C)Cc3nc(N4CCC(O)CC4)ncc32)ncn1. The van der Waals surface area contributed by atoms with Crippen LogP contribution in [0.25, 0.3) is 0 Å². The summed E-state index contributed by atoms with van der Waals surface area (Å²) in [5, 5.41) is 13.3. The fourth-order valence-electron chi connectivity index (χ4n) is 4.10. The summed E-state index contributed by atoms with van der Waals surface area (Å²) in [6.07, 6.45) is 6.88. The third-order valence-electron chi connectivity index (χ3n) is 5.54. The van der Waals surface area contributed by atoms with Gasteiger partial charge in [-0.1, -0.05) is 13.8 Å². The van der Waals surface area contributed by atoms with Crippen molar-refractivity contribution in [3.8, 4) is 0 Å². The Morgan fingerprint density at radius 1 is 1.19 bits per heavy atom. The predicted octanol–water partition coefficient (Wildman–Crippen LogP) is 2.66. The van der Waals surface area contributed by atoms with Crippen LogP contribution < -0.4 is 10.2 Å². The van der Waals surface area contributed by atoms with Crippen LogP contribution in [0, 0.1) is 12.3 Å². The highest BCUT2D eigenvalue weighted by Gasteiger charge is 2.34. The van der Waals surface area contributed by atoms with Crippen LogP contribution in [0.5, 0.6) is 0 Å². The quantitative estimate of drug-likeness (QED) is 0.861. The summed E-state index contributed by atoms with van der Waals surface area (Å²) in [5.41, 5.74) is 3.37. The van der Waals surface area contributed by atoms with Gasteiger partial charge in [0.25, 0.3) is 0 Å². The summed E-state index contributed by atoms with van der Waals surface area (Å²) in [6.45, 7) is 8.16. The number of aryl methyl sites for hydroxylation is 1. The van der Waals surface area contributed by atoms with Gasteiger partial charge in [0.1, 0.15) is 12.1 Å². The van der Waals surface area contributed by atoms with Gasteiger partial charge in [-0.25, -0.2) is 19.9 Å². The minimum Gasteiger partial charge on any atom is -0.393 e. The topological polar surface area (TPSA) is 87.1 Å². The van der Waals surface area contributed by atoms with Gasteiger partial charge in [0.05, 0.1) is 17.8 Å². The van der Waals surface area contributed by atoms with E-state index < -0.39 is 0 Å². The van der Waals surface area contributed by atoms with E-state index in [0.29, 0.717) is 0 Å². The molecule has 144 valence electrons. The van der Waals surface area contributed by atoms with Crippen LogP contribution in [0.15, 0.2) is 18.6 Å². The second-order valence-electron chi connectivity index (χ2n) is 8.58. The third-order valence-corrected chi connectivity index (χ3v) is 5.54. The second kappa shape index (κ2) is 7.03. The summed E-state index contributed by atoms with van der Waals surface area (Å²) in [5.74, 6) is 1.63. The Kier molecular flexibility index (Phi) is 4.72. The number of piperidine rings is 1. The zero-order chi connectivity index (χ0) is 19.0. The molecule has 0 aromatic carbocycles. The van der Waals surface area contributed by atoms with E-state index in [4.69, 9.17) is 4.98 Å². The summed E-state index contributed by atoms with van der Waals surface area (Å²) in [7, 11) is 0. The maximum atomic E-state index is 9.74. The van der Waals surface area contributed by atoms with E-state index in [1.807, 2.05) is 19.2 Å². The minimum atomic E-state index is -0.192. The summed E-state index contributed by atoms with van der Waals surface area (Å²) < 4.78 is 0. The standard InChI is InChI=1S/C20H28N6O/c1-13-8-18(23-12-22-13)24-16-9-20(2,3)10-17-15(16)11-21-19(25-17)26-6-4-14(27)5-7-26/h8,11-12,14,16,27H,4-7,9-10H2,1-3H3,(H,22,23,24)/t16-/m0/s1. The van der Waals surface area contributed by atoms with Crippen LogP contribution in [-0.4, -0.2) is 44.2 Å². The first-order chi connectivity index (χ1) is 12.9. The first kappa shape index (κ1) is 18.1. The molecular weight excluding hydrogens is 340 g/mol. The van der Waals surface area contributed by atoms with Crippen molar-refractivity contribution >= 4 is 11.8 Å². The van der Waals surface area contributed by atoms with Gasteiger partial charge in [0.15, 0.2) is 0 Å². The average molecular weight is 368 g/mol. The lowest BCUT2D eigenvalue weighted by atomic mass is 9.74. The molecule has 0 bridgehead atoms. The molecule has 0 amide bonds. The highest BCUT2D eigenvalue weighted by molar-refractivity contribution is 5.43. The maximum absolute atomic E-state index is 9.74. The largest absolute Gasteiger partial charge is 0.393 e. The zero-order valence-electron chi connectivity index (χ0n) is 16.3. The van der Waals surface area contributed by atoms with Crippen molar-refractivity contribution in [1.29, 1.82) is 0 Å². The Hall–Kier alpha value is -2.28. The Morgan fingerprint density at radius 3 is 2.70 bits per heavy atom. The average Bonchev–Trinajstić information content (AvgIpc) is 2.61. The fraction of sp³-hybridized carbons (Fsp3) is 0.600. The highest BCUT2D eigenvalue weighted by atomic mass is 16.3. The minimum absolute atomic E-state index is 0.135. The van der Waals surface area contributed by atoms with Gasteiger partial charge in [0, 0.05) is 36.6 Å². The van der Waals surface area contributed by atoms with Gasteiger partial charge >= 0.3 is 0 Å². The molecule has 0 spiro atoms. The lowest BCUT2D eigenvalue weighted by Crippen LogP contribution is -2.38. The van der Waals surface area contributed by atoms with Crippen molar-refractivity contribution in [3.63, 3.8) is 0 Å². The van der Waals surface area contributed by atoms with Crippen LogP contribution in [-0.2, 0) is 6.42 Å². The van der Waals surface area contributed by atoms with Crippen molar-refractivity contribution < 1.29 is 5.11 Å². The van der Waals surface area contributed by atoms with Crippen molar-refractivity contribution in [2.24, 2.45) is 5.41 Å². The number of hydrogen-bond donors (Lipinski definition) is 2. The number of hydrogen-bond acceptors (Lipinski definition) is 7. The molecule has 0 radical (unpaired) electrons. The molecule has 1 aliphatic carbocycles. The Balaban J connectivity index is 1.61. The van der Waals surface area contributed by atoms with E-state index in [2.05, 4.69) is 39.0 Å². The van der Waals surface area contributed by atoms with Crippen LogP contribution in [0.2, 0.25) is 0 Å². The molecule has 4 rings (SSSR count). The van der Waals surface area contributed by atoms with E-state index in [1.165, 1.54) is 0 Å². The van der Waals surface area contributed by atoms with E-state index in [9.17, 15) is 5.11 Å². The molecule has 0 unspecified atom stereocenters. The Morgan fingerprint density at radius 2 is 1.96 bits per heavy atom. The van der Waals surface area contributed by atoms with Crippen molar-refractivity contribution in [1.82, 2.24) is 19.9 Å². The maximum Gasteiger partial charge on any atom is 0.225 e. The highest BCUT2D eigenvalue weighted by Crippen LogP contribution is 2.41.